The topological polar surface area (TPSA) is 86.9 Å². The van der Waals surface area contributed by atoms with Gasteiger partial charge in [0.1, 0.15) is 15.8 Å². The van der Waals surface area contributed by atoms with Gasteiger partial charge in [-0.1, -0.05) is 11.8 Å². The first-order valence-corrected chi connectivity index (χ1v) is 4.93. The Bertz CT molecular complexity index is 426. The predicted octanol–water partition coefficient (Wildman–Crippen LogP) is 1.30. The van der Waals surface area contributed by atoms with E-state index in [0.29, 0.717) is 10.6 Å². The molecule has 0 fully saturated rings. The first-order valence-electron chi connectivity index (χ1n) is 4.11. The van der Waals surface area contributed by atoms with Gasteiger partial charge < -0.3 is 5.11 Å². The summed E-state index contributed by atoms with van der Waals surface area (Å²) in [6, 6.07) is 3.45. The molecule has 6 heteroatoms. The summed E-state index contributed by atoms with van der Waals surface area (Å²) >= 11 is 1.01. The van der Waals surface area contributed by atoms with Crippen LogP contribution in [0.3, 0.4) is 0 Å². The maximum Gasteiger partial charge on any atom is 0.319 e. The molecule has 0 saturated heterocycles. The minimum atomic E-state index is -1.03. The summed E-state index contributed by atoms with van der Waals surface area (Å²) in [6.07, 6.45) is 1.40. The molecule has 0 unspecified atom stereocenters. The van der Waals surface area contributed by atoms with Crippen molar-refractivity contribution in [2.75, 3.05) is 0 Å². The number of rotatable bonds is 3. The zero-order chi connectivity index (χ0) is 11.5. The monoisotopic (exact) mass is 223 g/mol. The second kappa shape index (κ2) is 4.28. The van der Waals surface area contributed by atoms with Crippen LogP contribution in [-0.2, 0) is 4.79 Å². The second-order valence-corrected chi connectivity index (χ2v) is 4.89. The summed E-state index contributed by atoms with van der Waals surface area (Å²) < 4.78 is -1.03. The second-order valence-electron chi connectivity index (χ2n) is 3.28. The molecule has 1 aromatic heterocycles. The van der Waals surface area contributed by atoms with E-state index >= 15 is 0 Å². The van der Waals surface area contributed by atoms with Crippen LogP contribution in [0.1, 0.15) is 19.4 Å². The van der Waals surface area contributed by atoms with Crippen LogP contribution < -0.4 is 0 Å². The third kappa shape index (κ3) is 2.67. The number of hydrogen-bond acceptors (Lipinski definition) is 5. The Balaban J connectivity index is 3.00. The number of nitriles is 1. The van der Waals surface area contributed by atoms with Gasteiger partial charge in [-0.2, -0.15) is 10.4 Å². The van der Waals surface area contributed by atoms with Gasteiger partial charge in [-0.15, -0.1) is 5.10 Å². The van der Waals surface area contributed by atoms with E-state index in [2.05, 4.69) is 10.2 Å². The van der Waals surface area contributed by atoms with Crippen molar-refractivity contribution in [3.8, 4) is 6.07 Å². The van der Waals surface area contributed by atoms with Crippen molar-refractivity contribution < 1.29 is 9.90 Å². The van der Waals surface area contributed by atoms with E-state index in [1.807, 2.05) is 6.07 Å². The number of aromatic nitrogens is 2. The molecule has 0 aliphatic carbocycles. The molecule has 0 atom stereocenters. The van der Waals surface area contributed by atoms with Crippen molar-refractivity contribution in [2.24, 2.45) is 0 Å². The predicted molar refractivity (Wildman–Crippen MR) is 54.3 cm³/mol. The van der Waals surface area contributed by atoms with Gasteiger partial charge in [0.15, 0.2) is 0 Å². The molecule has 5 nitrogen and oxygen atoms in total. The summed E-state index contributed by atoms with van der Waals surface area (Å²) in [4.78, 5) is 10.9. The van der Waals surface area contributed by atoms with Gasteiger partial charge in [-0.3, -0.25) is 4.79 Å². The Labute approximate surface area is 91.1 Å². The van der Waals surface area contributed by atoms with E-state index < -0.39 is 10.7 Å². The molecule has 15 heavy (non-hydrogen) atoms. The zero-order valence-electron chi connectivity index (χ0n) is 8.26. The highest BCUT2D eigenvalue weighted by Gasteiger charge is 2.30. The van der Waals surface area contributed by atoms with Crippen LogP contribution in [0.4, 0.5) is 0 Å². The van der Waals surface area contributed by atoms with Crippen LogP contribution >= 0.6 is 11.8 Å². The fourth-order valence-electron chi connectivity index (χ4n) is 0.765. The van der Waals surface area contributed by atoms with Crippen molar-refractivity contribution >= 4 is 17.7 Å². The molecular formula is C9H9N3O2S. The van der Waals surface area contributed by atoms with Gasteiger partial charge in [0, 0.05) is 0 Å². The van der Waals surface area contributed by atoms with Crippen LogP contribution in [-0.4, -0.2) is 26.0 Å². The molecule has 0 amide bonds. The lowest BCUT2D eigenvalue weighted by molar-refractivity contribution is -0.138. The molecule has 0 saturated carbocycles. The first-order chi connectivity index (χ1) is 6.97. The highest BCUT2D eigenvalue weighted by molar-refractivity contribution is 8.01. The summed E-state index contributed by atoms with van der Waals surface area (Å²) in [6.45, 7) is 3.10. The number of carboxylic acid groups (broad SMARTS) is 1. The Morgan fingerprint density at radius 1 is 1.67 bits per heavy atom. The number of hydrogen-bond donors (Lipinski definition) is 1. The van der Waals surface area contributed by atoms with E-state index in [4.69, 9.17) is 10.4 Å². The lowest BCUT2D eigenvalue weighted by atomic mass is 10.2. The molecule has 1 heterocycles. The smallest absolute Gasteiger partial charge is 0.319 e. The highest BCUT2D eigenvalue weighted by Crippen LogP contribution is 2.32. The fraction of sp³-hybridized carbons (Fsp3) is 0.333. The van der Waals surface area contributed by atoms with Crippen LogP contribution in [0.5, 0.6) is 0 Å². The SMILES string of the molecule is CC(C)(Sc1nnccc1C#N)C(=O)O. The van der Waals surface area contributed by atoms with Gasteiger partial charge in [0.2, 0.25) is 0 Å². The third-order valence-electron chi connectivity index (χ3n) is 1.67. The molecule has 0 aliphatic heterocycles. The summed E-state index contributed by atoms with van der Waals surface area (Å²) in [7, 11) is 0. The van der Waals surface area contributed by atoms with Gasteiger partial charge in [-0.05, 0) is 19.9 Å². The Morgan fingerprint density at radius 3 is 2.87 bits per heavy atom. The molecule has 0 bridgehead atoms. The van der Waals surface area contributed by atoms with Gasteiger partial charge >= 0.3 is 5.97 Å². The molecule has 0 radical (unpaired) electrons. The standard InChI is InChI=1S/C9H9N3O2S/c1-9(2,8(13)14)15-7-6(5-10)3-4-11-12-7/h3-4H,1-2H3,(H,13,14). The molecule has 1 rings (SSSR count). The highest BCUT2D eigenvalue weighted by atomic mass is 32.2. The Morgan fingerprint density at radius 2 is 2.33 bits per heavy atom. The van der Waals surface area contributed by atoms with E-state index in [0.717, 1.165) is 11.8 Å². The van der Waals surface area contributed by atoms with Gasteiger partial charge in [0.05, 0.1) is 11.8 Å². The first kappa shape index (κ1) is 11.5. The van der Waals surface area contributed by atoms with Crippen molar-refractivity contribution in [1.29, 1.82) is 5.26 Å². The number of carbonyl (C=O) groups is 1. The minimum Gasteiger partial charge on any atom is -0.480 e. The normalized spacial score (nSPS) is 10.7. The van der Waals surface area contributed by atoms with E-state index in [-0.39, 0.29) is 0 Å². The minimum absolute atomic E-state index is 0.337. The Hall–Kier alpha value is -1.61. The van der Waals surface area contributed by atoms with Crippen molar-refractivity contribution in [1.82, 2.24) is 10.2 Å². The Kier molecular flexibility index (Phi) is 3.27. The number of thioether (sulfide) groups is 1. The molecule has 0 aliphatic rings. The number of carboxylic acids is 1. The van der Waals surface area contributed by atoms with Crippen molar-refractivity contribution in [3.05, 3.63) is 17.8 Å². The summed E-state index contributed by atoms with van der Waals surface area (Å²) in [5.74, 6) is -0.956. The van der Waals surface area contributed by atoms with Gasteiger partial charge in [-0.25, -0.2) is 0 Å². The molecule has 0 aromatic carbocycles. The lowest BCUT2D eigenvalue weighted by Gasteiger charge is -2.17. The van der Waals surface area contributed by atoms with Crippen LogP contribution in [0.2, 0.25) is 0 Å². The average Bonchev–Trinajstić information content (AvgIpc) is 2.18. The van der Waals surface area contributed by atoms with Crippen molar-refractivity contribution in [3.63, 3.8) is 0 Å². The third-order valence-corrected chi connectivity index (χ3v) is 2.85. The van der Waals surface area contributed by atoms with E-state index in [9.17, 15) is 4.79 Å². The molecule has 1 aromatic rings. The lowest BCUT2D eigenvalue weighted by Crippen LogP contribution is -2.27. The fourth-order valence-corrected chi connectivity index (χ4v) is 1.65. The largest absolute Gasteiger partial charge is 0.480 e. The van der Waals surface area contributed by atoms with Crippen LogP contribution in [0.25, 0.3) is 0 Å². The molecule has 78 valence electrons. The molecular weight excluding hydrogens is 214 g/mol. The molecule has 0 spiro atoms. The summed E-state index contributed by atoms with van der Waals surface area (Å²) in [5.41, 5.74) is 0.337. The average molecular weight is 223 g/mol. The maximum absolute atomic E-state index is 10.9. The van der Waals surface area contributed by atoms with E-state index in [1.165, 1.54) is 12.3 Å². The van der Waals surface area contributed by atoms with E-state index in [1.54, 1.807) is 13.8 Å². The maximum atomic E-state index is 10.9. The molecule has 1 N–H and O–H groups in total. The van der Waals surface area contributed by atoms with Crippen molar-refractivity contribution in [2.45, 2.75) is 23.6 Å². The number of nitrogens with zero attached hydrogens (tertiary/aromatic N) is 3. The summed E-state index contributed by atoms with van der Waals surface area (Å²) in [5, 5.41) is 25.4. The van der Waals surface area contributed by atoms with Crippen LogP contribution in [0, 0.1) is 11.3 Å². The zero-order valence-corrected chi connectivity index (χ0v) is 9.08. The van der Waals surface area contributed by atoms with Gasteiger partial charge in [0.25, 0.3) is 0 Å². The number of aliphatic carboxylic acids is 1. The van der Waals surface area contributed by atoms with Crippen LogP contribution in [0.15, 0.2) is 17.3 Å². The quantitative estimate of drug-likeness (QED) is 0.777.